The number of nitrogens with zero attached hydrogens (tertiary/aromatic N) is 4. The Morgan fingerprint density at radius 2 is 0.778 bits per heavy atom. The molecule has 5 heterocycles. The molecule has 6 aliphatic rings. The summed E-state index contributed by atoms with van der Waals surface area (Å²) >= 11 is 0. The Morgan fingerprint density at radius 3 is 1.20 bits per heavy atom. The summed E-state index contributed by atoms with van der Waals surface area (Å²) in [6.45, 7) is 7.41. The van der Waals surface area contributed by atoms with Gasteiger partial charge in [0.1, 0.15) is 5.78 Å². The quantitative estimate of drug-likeness (QED) is 0.359. The molecule has 5 saturated heterocycles. The fourth-order valence-electron chi connectivity index (χ4n) is 6.71. The molecule has 6 rings (SSSR count). The number of hydrogen-bond donors (Lipinski definition) is 0. The lowest BCUT2D eigenvalue weighted by Crippen LogP contribution is -2.58. The molecule has 0 atom stereocenters. The maximum absolute atomic E-state index is 12.7. The van der Waals surface area contributed by atoms with Gasteiger partial charge in [0.15, 0.2) is 0 Å². The predicted molar refractivity (Wildman–Crippen MR) is 163 cm³/mol. The number of ketones is 1. The second-order valence-corrected chi connectivity index (χ2v) is 13.1. The Balaban J connectivity index is 0.000000223. The highest BCUT2D eigenvalue weighted by Gasteiger charge is 2.50. The van der Waals surface area contributed by atoms with E-state index in [9.17, 15) is 14.4 Å². The van der Waals surface area contributed by atoms with Crippen LogP contribution in [-0.4, -0.2) is 128 Å². The summed E-state index contributed by atoms with van der Waals surface area (Å²) in [4.78, 5) is 66.6. The van der Waals surface area contributed by atoms with Crippen molar-refractivity contribution in [1.29, 1.82) is 0 Å². The number of ether oxygens (including phenoxy) is 2. The van der Waals surface area contributed by atoms with Crippen molar-refractivity contribution in [2.24, 2.45) is 0 Å². The average Bonchev–Trinajstić information content (AvgIpc) is 3.09. The highest BCUT2D eigenvalue weighted by atomic mass is 17.4. The normalized spacial score (nSPS) is 26.8. The van der Waals surface area contributed by atoms with Gasteiger partial charge >= 0.3 is 12.1 Å². The highest BCUT2D eigenvalue weighted by Crippen LogP contribution is 2.41. The zero-order valence-electron chi connectivity index (χ0n) is 27.1. The number of amides is 4. The summed E-state index contributed by atoms with van der Waals surface area (Å²) in [5.41, 5.74) is 0. The van der Waals surface area contributed by atoms with Gasteiger partial charge in [-0.2, -0.15) is 19.6 Å². The molecule has 13 nitrogen and oxygen atoms in total. The molecule has 0 aromatic rings. The number of carbonyl (C=O) groups is 3. The van der Waals surface area contributed by atoms with E-state index in [1.165, 1.54) is 44.9 Å². The number of Topliss-reactive ketones (excluding diaryl/α,β-unsaturated/α-hetero) is 1. The summed E-state index contributed by atoms with van der Waals surface area (Å²) < 4.78 is 10.5. The Kier molecular flexibility index (Phi) is 13.1. The summed E-state index contributed by atoms with van der Waals surface area (Å²) in [5, 5.41) is 0. The number of urea groups is 2. The van der Waals surface area contributed by atoms with Crippen molar-refractivity contribution in [3.63, 3.8) is 0 Å². The van der Waals surface area contributed by atoms with Crippen molar-refractivity contribution in [1.82, 2.24) is 19.6 Å². The molecule has 5 aliphatic heterocycles. The van der Waals surface area contributed by atoms with Gasteiger partial charge in [-0.1, -0.05) is 44.9 Å². The van der Waals surface area contributed by atoms with Gasteiger partial charge in [0, 0.05) is 90.9 Å². The average molecular weight is 639 g/mol. The summed E-state index contributed by atoms with van der Waals surface area (Å²) in [7, 11) is 0. The lowest BCUT2D eigenvalue weighted by molar-refractivity contribution is -0.661. The van der Waals surface area contributed by atoms with Crippen molar-refractivity contribution >= 4 is 17.8 Å². The second kappa shape index (κ2) is 17.2. The van der Waals surface area contributed by atoms with Crippen LogP contribution in [-0.2, 0) is 33.8 Å². The van der Waals surface area contributed by atoms with Gasteiger partial charge in [-0.05, 0) is 12.8 Å². The molecule has 0 unspecified atom stereocenters. The third kappa shape index (κ3) is 9.98. The summed E-state index contributed by atoms with van der Waals surface area (Å²) in [5.74, 6) is -1.43. The van der Waals surface area contributed by atoms with Crippen LogP contribution in [0, 0.1) is 0 Å². The lowest BCUT2D eigenvalue weighted by Gasteiger charge is -2.47. The zero-order chi connectivity index (χ0) is 31.4. The molecule has 0 bridgehead atoms. The predicted octanol–water partition coefficient (Wildman–Crippen LogP) is 4.25. The standard InChI is InChI=1S/C22H38N2O6.C10H16N2O3/c25-20(24-16-18-26-19-17-24)23-14-12-22(13-15-23)29-27-21(28-30-22)10-8-6-4-2-1-3-5-7-9-11-21;13-9-1-3-11(4-2-9)10(14)12-5-7-15-8-6-12/h1-19H2;1-8H2. The second-order valence-electron chi connectivity index (χ2n) is 13.1. The third-order valence-corrected chi connectivity index (χ3v) is 9.76. The van der Waals surface area contributed by atoms with Crippen molar-refractivity contribution in [3.05, 3.63) is 0 Å². The number of carbonyl (C=O) groups excluding carboxylic acids is 3. The Labute approximate surface area is 267 Å². The number of piperidine rings is 2. The molecule has 45 heavy (non-hydrogen) atoms. The van der Waals surface area contributed by atoms with Gasteiger partial charge < -0.3 is 29.1 Å². The minimum atomic E-state index is -0.906. The minimum Gasteiger partial charge on any atom is -0.378 e. The van der Waals surface area contributed by atoms with E-state index >= 15 is 0 Å². The first kappa shape index (κ1) is 34.3. The molecular weight excluding hydrogens is 584 g/mol. The fourth-order valence-corrected chi connectivity index (χ4v) is 6.71. The van der Waals surface area contributed by atoms with Gasteiger partial charge in [-0.25, -0.2) is 9.59 Å². The maximum Gasteiger partial charge on any atom is 0.320 e. The summed E-state index contributed by atoms with van der Waals surface area (Å²) in [6.07, 6.45) is 14.7. The van der Waals surface area contributed by atoms with Crippen LogP contribution in [0.2, 0.25) is 0 Å². The number of likely N-dealkylation sites (tertiary alicyclic amines) is 2. The first-order chi connectivity index (χ1) is 22.0. The van der Waals surface area contributed by atoms with Crippen LogP contribution in [0.3, 0.4) is 0 Å². The topological polar surface area (TPSA) is 120 Å². The molecule has 13 heteroatoms. The third-order valence-electron chi connectivity index (χ3n) is 9.76. The van der Waals surface area contributed by atoms with Crippen LogP contribution in [0.5, 0.6) is 0 Å². The molecule has 6 fully saturated rings. The first-order valence-corrected chi connectivity index (χ1v) is 17.5. The maximum atomic E-state index is 12.7. The van der Waals surface area contributed by atoms with E-state index in [2.05, 4.69) is 0 Å². The van der Waals surface area contributed by atoms with Gasteiger partial charge in [0.25, 0.3) is 0 Å². The van der Waals surface area contributed by atoms with Crippen LogP contribution in [0.1, 0.15) is 96.3 Å². The van der Waals surface area contributed by atoms with Crippen molar-refractivity contribution < 1.29 is 43.4 Å². The molecule has 0 N–H and O–H groups in total. The molecular formula is C32H54N4O9. The number of rotatable bonds is 0. The molecule has 0 aromatic heterocycles. The molecule has 256 valence electrons. The minimum absolute atomic E-state index is 0.0609. The molecule has 1 aliphatic carbocycles. The Hall–Kier alpha value is -2.03. The van der Waals surface area contributed by atoms with Gasteiger partial charge in [-0.3, -0.25) is 4.79 Å². The van der Waals surface area contributed by atoms with E-state index in [0.717, 1.165) is 25.7 Å². The largest absolute Gasteiger partial charge is 0.378 e. The zero-order valence-corrected chi connectivity index (χ0v) is 27.1. The molecule has 0 aromatic carbocycles. The number of hydrogen-bond acceptors (Lipinski definition) is 9. The van der Waals surface area contributed by atoms with E-state index in [1.54, 1.807) is 9.80 Å². The first-order valence-electron chi connectivity index (χ1n) is 17.5. The monoisotopic (exact) mass is 638 g/mol. The summed E-state index contributed by atoms with van der Waals surface area (Å²) in [6, 6.07) is 0.132. The fraction of sp³-hybridized carbons (Fsp3) is 0.906. The van der Waals surface area contributed by atoms with Crippen LogP contribution in [0.25, 0.3) is 0 Å². The van der Waals surface area contributed by atoms with Crippen LogP contribution in [0.4, 0.5) is 9.59 Å². The van der Waals surface area contributed by atoms with Crippen LogP contribution < -0.4 is 0 Å². The highest BCUT2D eigenvalue weighted by molar-refractivity contribution is 5.82. The lowest BCUT2D eigenvalue weighted by atomic mass is 9.97. The van der Waals surface area contributed by atoms with E-state index in [0.29, 0.717) is 104 Å². The van der Waals surface area contributed by atoms with Crippen LogP contribution in [0.15, 0.2) is 0 Å². The van der Waals surface area contributed by atoms with Gasteiger partial charge in [-0.15, -0.1) is 0 Å². The van der Waals surface area contributed by atoms with Crippen LogP contribution >= 0.6 is 0 Å². The molecule has 1 saturated carbocycles. The molecule has 2 spiro atoms. The molecule has 0 radical (unpaired) electrons. The Morgan fingerprint density at radius 1 is 0.444 bits per heavy atom. The van der Waals surface area contributed by atoms with E-state index < -0.39 is 11.6 Å². The van der Waals surface area contributed by atoms with E-state index in [-0.39, 0.29) is 17.8 Å². The SMILES string of the molecule is O=C(N1CCOCC1)N1CCC2(CC1)OOC1(CCCCCCCCCCC1)OO2.O=C1CCN(C(=O)N2CCOCC2)CC1. The smallest absolute Gasteiger partial charge is 0.320 e. The van der Waals surface area contributed by atoms with Gasteiger partial charge in [0.05, 0.1) is 26.4 Å². The van der Waals surface area contributed by atoms with Crippen molar-refractivity contribution in [2.45, 2.75) is 108 Å². The van der Waals surface area contributed by atoms with Crippen molar-refractivity contribution in [2.75, 3.05) is 78.8 Å². The van der Waals surface area contributed by atoms with Gasteiger partial charge in [0.2, 0.25) is 11.6 Å². The number of morpholine rings is 2. The molecule has 4 amide bonds. The van der Waals surface area contributed by atoms with E-state index in [4.69, 9.17) is 29.0 Å². The Bertz CT molecular complexity index is 915. The van der Waals surface area contributed by atoms with Crippen molar-refractivity contribution in [3.8, 4) is 0 Å². The van der Waals surface area contributed by atoms with E-state index in [1.807, 2.05) is 9.80 Å².